The summed E-state index contributed by atoms with van der Waals surface area (Å²) >= 11 is 0. The topological polar surface area (TPSA) is 25.8 Å². The van der Waals surface area contributed by atoms with Gasteiger partial charge >= 0.3 is 0 Å². The Morgan fingerprint density at radius 2 is 1.09 bits per heavy atom. The summed E-state index contributed by atoms with van der Waals surface area (Å²) < 4.78 is 0. The Hall–Kier alpha value is -5.60. The summed E-state index contributed by atoms with van der Waals surface area (Å²) in [6, 6.07) is 35.7. The zero-order valence-electron chi connectivity index (χ0n) is 25.6. The van der Waals surface area contributed by atoms with E-state index in [1.165, 1.54) is 66.1 Å². The second-order valence-corrected chi connectivity index (χ2v) is 12.4. The van der Waals surface area contributed by atoms with E-state index in [2.05, 4.69) is 126 Å². The van der Waals surface area contributed by atoms with Crippen molar-refractivity contribution in [3.8, 4) is 22.3 Å². The normalized spacial score (nSPS) is 14.7. The Kier molecular flexibility index (Phi) is 6.45. The molecule has 0 amide bonds. The Balaban J connectivity index is 1.29. The summed E-state index contributed by atoms with van der Waals surface area (Å²) in [5, 5.41) is 7.59. The maximum atomic E-state index is 4.75. The van der Waals surface area contributed by atoms with E-state index in [9.17, 15) is 0 Å². The third-order valence-corrected chi connectivity index (χ3v) is 9.66. The predicted molar refractivity (Wildman–Crippen MR) is 196 cm³/mol. The summed E-state index contributed by atoms with van der Waals surface area (Å²) in [6.45, 7) is 0. The van der Waals surface area contributed by atoms with Crippen LogP contribution in [0.2, 0.25) is 0 Å². The molecule has 0 atom stereocenters. The van der Waals surface area contributed by atoms with Gasteiger partial charge in [0.15, 0.2) is 0 Å². The fraction of sp³-hybridized carbons (Fsp3) is 0.0909. The molecule has 2 heterocycles. The fourth-order valence-electron chi connectivity index (χ4n) is 7.55. The molecule has 2 aliphatic carbocycles. The summed E-state index contributed by atoms with van der Waals surface area (Å²) in [5.41, 5.74) is 12.3. The van der Waals surface area contributed by atoms with Crippen molar-refractivity contribution in [1.29, 1.82) is 0 Å². The molecule has 0 fully saturated rings. The molecule has 0 unspecified atom stereocenters. The molecule has 46 heavy (non-hydrogen) atoms. The van der Waals surface area contributed by atoms with E-state index in [-0.39, 0.29) is 0 Å². The number of benzene rings is 5. The van der Waals surface area contributed by atoms with Gasteiger partial charge in [-0.25, -0.2) is 0 Å². The first-order chi connectivity index (χ1) is 22.8. The summed E-state index contributed by atoms with van der Waals surface area (Å²) in [7, 11) is 0. The molecule has 2 aromatic heterocycles. The van der Waals surface area contributed by atoms with Gasteiger partial charge in [-0.1, -0.05) is 103 Å². The molecule has 0 saturated heterocycles. The molecule has 0 radical (unpaired) electrons. The molecule has 2 nitrogen and oxygen atoms in total. The molecule has 0 saturated carbocycles. The van der Waals surface area contributed by atoms with Crippen LogP contribution in [-0.2, 0) is 0 Å². The van der Waals surface area contributed by atoms with Crippen LogP contribution in [0.4, 0.5) is 0 Å². The van der Waals surface area contributed by atoms with Crippen LogP contribution < -0.4 is 0 Å². The molecule has 9 rings (SSSR count). The molecule has 0 aliphatic heterocycles. The van der Waals surface area contributed by atoms with Crippen LogP contribution in [0.5, 0.6) is 0 Å². The van der Waals surface area contributed by atoms with Crippen molar-refractivity contribution in [2.24, 2.45) is 0 Å². The third kappa shape index (κ3) is 4.41. The van der Waals surface area contributed by atoms with E-state index in [0.717, 1.165) is 47.5 Å². The Morgan fingerprint density at radius 1 is 0.457 bits per heavy atom. The summed E-state index contributed by atoms with van der Waals surface area (Å²) in [6.07, 6.45) is 21.6. The van der Waals surface area contributed by atoms with Gasteiger partial charge in [0.05, 0.1) is 11.0 Å². The quantitative estimate of drug-likeness (QED) is 0.151. The van der Waals surface area contributed by atoms with Crippen LogP contribution in [0.25, 0.3) is 76.8 Å². The molecule has 0 spiro atoms. The monoisotopic (exact) mass is 588 g/mol. The van der Waals surface area contributed by atoms with Crippen LogP contribution >= 0.6 is 0 Å². The first kappa shape index (κ1) is 26.8. The van der Waals surface area contributed by atoms with Crippen molar-refractivity contribution in [2.45, 2.75) is 25.7 Å². The lowest BCUT2D eigenvalue weighted by Gasteiger charge is -2.22. The fourth-order valence-corrected chi connectivity index (χ4v) is 7.55. The van der Waals surface area contributed by atoms with E-state index in [1.807, 2.05) is 24.5 Å². The van der Waals surface area contributed by atoms with E-state index in [4.69, 9.17) is 4.98 Å². The lowest BCUT2D eigenvalue weighted by atomic mass is 9.81. The SMILES string of the molecule is C1=CCCC(c2c3ccccc3c(C3=CC=CCC3)c3cc(-c4cccc(-c5cc6cccnc6c6ncccc56)c4)ccc23)=C1. The van der Waals surface area contributed by atoms with Gasteiger partial charge in [-0.05, 0) is 122 Å². The highest BCUT2D eigenvalue weighted by molar-refractivity contribution is 6.17. The van der Waals surface area contributed by atoms with Crippen LogP contribution in [0.3, 0.4) is 0 Å². The Labute approximate surface area is 268 Å². The maximum absolute atomic E-state index is 4.75. The standard InChI is InChI=1S/C44H32N2/c1-3-12-29(13-4-1)41-35-19-7-8-20-36(35)42(30-14-5-2-6-15-30)40-27-32(22-23-37(40)41)31-16-9-17-33(26-31)39-28-34-18-10-24-45-43(34)44-38(39)21-11-25-46-44/h1-3,5,7-12,14,16-28H,4,6,13,15H2. The van der Waals surface area contributed by atoms with Crippen LogP contribution in [0.1, 0.15) is 36.8 Å². The number of nitrogens with zero attached hydrogens (tertiary/aromatic N) is 2. The zero-order valence-corrected chi connectivity index (χ0v) is 25.6. The second kappa shape index (κ2) is 11.1. The minimum Gasteiger partial charge on any atom is -0.254 e. The number of aromatic nitrogens is 2. The molecule has 218 valence electrons. The van der Waals surface area contributed by atoms with Gasteiger partial charge in [-0.15, -0.1) is 0 Å². The number of fused-ring (bicyclic) bond motifs is 5. The highest BCUT2D eigenvalue weighted by Gasteiger charge is 2.20. The summed E-state index contributed by atoms with van der Waals surface area (Å²) in [5.74, 6) is 0. The molecule has 0 bridgehead atoms. The average Bonchev–Trinajstić information content (AvgIpc) is 3.14. The number of pyridine rings is 2. The van der Waals surface area contributed by atoms with Crippen molar-refractivity contribution in [1.82, 2.24) is 9.97 Å². The van der Waals surface area contributed by atoms with E-state index in [0.29, 0.717) is 0 Å². The predicted octanol–water partition coefficient (Wildman–Crippen LogP) is 11.9. The highest BCUT2D eigenvalue weighted by Crippen LogP contribution is 2.44. The number of allylic oxidation sites excluding steroid dienone is 8. The zero-order chi connectivity index (χ0) is 30.5. The van der Waals surface area contributed by atoms with Crippen LogP contribution in [-0.4, -0.2) is 9.97 Å². The van der Waals surface area contributed by atoms with Crippen LogP contribution in [0.15, 0.2) is 146 Å². The minimum absolute atomic E-state index is 0.942. The Morgan fingerprint density at radius 3 is 1.83 bits per heavy atom. The first-order valence-electron chi connectivity index (χ1n) is 16.3. The average molecular weight is 589 g/mol. The second-order valence-electron chi connectivity index (χ2n) is 12.4. The maximum Gasteiger partial charge on any atom is 0.0970 e. The van der Waals surface area contributed by atoms with Gasteiger partial charge in [0.25, 0.3) is 0 Å². The number of rotatable bonds is 4. The minimum atomic E-state index is 0.942. The molecule has 5 aromatic carbocycles. The van der Waals surface area contributed by atoms with Gasteiger partial charge in [0.2, 0.25) is 0 Å². The van der Waals surface area contributed by atoms with Gasteiger partial charge in [0.1, 0.15) is 0 Å². The van der Waals surface area contributed by atoms with Crippen molar-refractivity contribution in [2.75, 3.05) is 0 Å². The first-order valence-corrected chi connectivity index (χ1v) is 16.3. The van der Waals surface area contributed by atoms with Gasteiger partial charge in [0, 0.05) is 23.2 Å². The lowest BCUT2D eigenvalue weighted by Crippen LogP contribution is -1.98. The number of hydrogen-bond donors (Lipinski definition) is 0. The van der Waals surface area contributed by atoms with E-state index in [1.54, 1.807) is 0 Å². The number of hydrogen-bond acceptors (Lipinski definition) is 2. The van der Waals surface area contributed by atoms with Gasteiger partial charge in [-0.2, -0.15) is 0 Å². The molecule has 7 aromatic rings. The third-order valence-electron chi connectivity index (χ3n) is 9.66. The highest BCUT2D eigenvalue weighted by atomic mass is 14.7. The summed E-state index contributed by atoms with van der Waals surface area (Å²) in [4.78, 5) is 9.42. The van der Waals surface area contributed by atoms with Crippen molar-refractivity contribution < 1.29 is 0 Å². The van der Waals surface area contributed by atoms with Crippen molar-refractivity contribution >= 4 is 54.5 Å². The lowest BCUT2D eigenvalue weighted by molar-refractivity contribution is 1.06. The molecular weight excluding hydrogens is 556 g/mol. The van der Waals surface area contributed by atoms with Crippen molar-refractivity contribution in [3.05, 3.63) is 157 Å². The largest absolute Gasteiger partial charge is 0.254 e. The van der Waals surface area contributed by atoms with Gasteiger partial charge < -0.3 is 0 Å². The smallest absolute Gasteiger partial charge is 0.0970 e. The molecule has 2 heteroatoms. The Bertz CT molecular complexity index is 2470. The molecule has 2 aliphatic rings. The van der Waals surface area contributed by atoms with Crippen molar-refractivity contribution in [3.63, 3.8) is 0 Å². The van der Waals surface area contributed by atoms with Gasteiger partial charge in [-0.3, -0.25) is 9.97 Å². The molecule has 0 N–H and O–H groups in total. The van der Waals surface area contributed by atoms with E-state index < -0.39 is 0 Å². The van der Waals surface area contributed by atoms with E-state index >= 15 is 0 Å². The molecular formula is C44H32N2. The van der Waals surface area contributed by atoms with Crippen LogP contribution in [0, 0.1) is 0 Å².